The molecule has 0 atom stereocenters. The third kappa shape index (κ3) is 3.22. The highest BCUT2D eigenvalue weighted by molar-refractivity contribution is 6.08. The second-order valence-corrected chi connectivity index (χ2v) is 4.99. The predicted octanol–water partition coefficient (Wildman–Crippen LogP) is 3.86. The summed E-state index contributed by atoms with van der Waals surface area (Å²) in [6, 6.07) is 7.71. The van der Waals surface area contributed by atoms with Crippen molar-refractivity contribution in [3.63, 3.8) is 0 Å². The minimum atomic E-state index is 0.0746. The third-order valence-electron chi connectivity index (χ3n) is 3.03. The van der Waals surface area contributed by atoms with Gasteiger partial charge in [-0.15, -0.1) is 0 Å². The summed E-state index contributed by atoms with van der Waals surface area (Å²) in [6.45, 7) is 8.58. The summed E-state index contributed by atoms with van der Waals surface area (Å²) in [5.74, 6) is 0.0746. The predicted molar refractivity (Wildman–Crippen MR) is 78.9 cm³/mol. The Kier molecular flexibility index (Phi) is 4.00. The lowest BCUT2D eigenvalue weighted by molar-refractivity contribution is 0.100. The Morgan fingerprint density at radius 2 is 2.00 bits per heavy atom. The van der Waals surface area contributed by atoms with Crippen LogP contribution in [-0.2, 0) is 0 Å². The molecule has 2 rings (SSSR count). The smallest absolute Gasteiger partial charge is 0.209 e. The quantitative estimate of drug-likeness (QED) is 0.600. The van der Waals surface area contributed by atoms with E-state index in [0.29, 0.717) is 6.54 Å². The summed E-state index contributed by atoms with van der Waals surface area (Å²) < 4.78 is 0. The van der Waals surface area contributed by atoms with Crippen molar-refractivity contribution in [2.75, 3.05) is 6.54 Å². The minimum absolute atomic E-state index is 0.0746. The zero-order valence-electron chi connectivity index (χ0n) is 11.5. The summed E-state index contributed by atoms with van der Waals surface area (Å²) in [4.78, 5) is 14.5. The van der Waals surface area contributed by atoms with Gasteiger partial charge in [-0.05, 0) is 20.3 Å². The Morgan fingerprint density at radius 1 is 1.32 bits per heavy atom. The molecule has 19 heavy (non-hydrogen) atoms. The van der Waals surface area contributed by atoms with Crippen LogP contribution in [0.15, 0.2) is 60.5 Å². The normalized spacial score (nSPS) is 14.2. The van der Waals surface area contributed by atoms with E-state index < -0.39 is 0 Å². The van der Waals surface area contributed by atoms with Crippen molar-refractivity contribution >= 4 is 5.78 Å². The van der Waals surface area contributed by atoms with Crippen molar-refractivity contribution in [3.8, 4) is 0 Å². The maximum atomic E-state index is 12.5. The lowest BCUT2D eigenvalue weighted by atomic mass is 10.0. The van der Waals surface area contributed by atoms with Crippen LogP contribution in [0.2, 0.25) is 0 Å². The van der Waals surface area contributed by atoms with Crippen LogP contribution in [0.4, 0.5) is 0 Å². The number of Topliss-reactive ketones (excluding diaryl/α,β-unsaturated/α-hetero) is 1. The van der Waals surface area contributed by atoms with Crippen LogP contribution >= 0.6 is 0 Å². The molecule has 1 aromatic carbocycles. The maximum absolute atomic E-state index is 12.5. The second kappa shape index (κ2) is 5.70. The van der Waals surface area contributed by atoms with E-state index in [-0.39, 0.29) is 5.78 Å². The van der Waals surface area contributed by atoms with Gasteiger partial charge in [0.25, 0.3) is 0 Å². The van der Waals surface area contributed by atoms with E-state index in [1.165, 1.54) is 0 Å². The van der Waals surface area contributed by atoms with Crippen LogP contribution in [0.1, 0.15) is 29.3 Å². The van der Waals surface area contributed by atoms with Crippen molar-refractivity contribution in [1.29, 1.82) is 0 Å². The van der Waals surface area contributed by atoms with Crippen molar-refractivity contribution in [2.45, 2.75) is 20.3 Å². The number of hydrogen-bond acceptors (Lipinski definition) is 2. The summed E-state index contributed by atoms with van der Waals surface area (Å²) in [5, 5.41) is 0. The van der Waals surface area contributed by atoms with Crippen LogP contribution in [0.25, 0.3) is 0 Å². The lowest BCUT2D eigenvalue weighted by Gasteiger charge is -2.25. The average Bonchev–Trinajstić information content (AvgIpc) is 2.39. The van der Waals surface area contributed by atoms with Crippen molar-refractivity contribution in [2.24, 2.45) is 0 Å². The zero-order chi connectivity index (χ0) is 13.8. The van der Waals surface area contributed by atoms with Gasteiger partial charge in [0.05, 0.1) is 5.70 Å². The monoisotopic (exact) mass is 253 g/mol. The number of carbonyl (C=O) groups excluding carboxylic acids is 1. The fourth-order valence-corrected chi connectivity index (χ4v) is 2.07. The summed E-state index contributed by atoms with van der Waals surface area (Å²) in [7, 11) is 0. The fourth-order valence-electron chi connectivity index (χ4n) is 2.07. The highest BCUT2D eigenvalue weighted by Crippen LogP contribution is 2.19. The Morgan fingerprint density at radius 3 is 2.63 bits per heavy atom. The standard InChI is InChI=1S/C17H19NO/c1-13(2)12-18-11-5-4-6-16(18)17(19)15-9-7-14(3)8-10-15/h5-11H,1,4,12H2,2-3H3. The molecular formula is C17H19NO. The topological polar surface area (TPSA) is 20.3 Å². The Hall–Kier alpha value is -2.09. The number of allylic oxidation sites excluding steroid dienone is 3. The maximum Gasteiger partial charge on any atom is 0.209 e. The number of aryl methyl sites for hydroxylation is 1. The van der Waals surface area contributed by atoms with Crippen LogP contribution in [0.5, 0.6) is 0 Å². The fraction of sp³-hybridized carbons (Fsp3) is 0.235. The largest absolute Gasteiger partial charge is 0.341 e. The molecule has 0 bridgehead atoms. The lowest BCUT2D eigenvalue weighted by Crippen LogP contribution is -2.26. The van der Waals surface area contributed by atoms with Crippen LogP contribution in [0.3, 0.4) is 0 Å². The van der Waals surface area contributed by atoms with Gasteiger partial charge in [-0.1, -0.05) is 54.1 Å². The molecule has 98 valence electrons. The molecule has 2 heteroatoms. The molecule has 0 spiro atoms. The molecule has 1 aliphatic rings. The summed E-state index contributed by atoms with van der Waals surface area (Å²) >= 11 is 0. The Balaban J connectivity index is 2.23. The number of benzene rings is 1. The van der Waals surface area contributed by atoms with Gasteiger partial charge in [-0.2, -0.15) is 0 Å². The van der Waals surface area contributed by atoms with Gasteiger partial charge in [0.1, 0.15) is 0 Å². The van der Waals surface area contributed by atoms with Crippen LogP contribution in [0, 0.1) is 6.92 Å². The van der Waals surface area contributed by atoms with Crippen molar-refractivity contribution in [3.05, 3.63) is 71.6 Å². The van der Waals surface area contributed by atoms with Crippen molar-refractivity contribution in [1.82, 2.24) is 4.90 Å². The molecule has 0 unspecified atom stereocenters. The number of nitrogens with zero attached hydrogens (tertiary/aromatic N) is 1. The zero-order valence-corrected chi connectivity index (χ0v) is 11.5. The number of rotatable bonds is 4. The average molecular weight is 253 g/mol. The first-order valence-electron chi connectivity index (χ1n) is 6.47. The van der Waals surface area contributed by atoms with Crippen LogP contribution in [-0.4, -0.2) is 17.2 Å². The molecule has 1 aromatic rings. The van der Waals surface area contributed by atoms with E-state index in [4.69, 9.17) is 0 Å². The van der Waals surface area contributed by atoms with E-state index in [0.717, 1.165) is 28.8 Å². The van der Waals surface area contributed by atoms with Gasteiger partial charge in [-0.3, -0.25) is 4.79 Å². The molecule has 0 amide bonds. The molecule has 0 saturated heterocycles. The van der Waals surface area contributed by atoms with E-state index in [1.54, 1.807) is 0 Å². The van der Waals surface area contributed by atoms with Gasteiger partial charge >= 0.3 is 0 Å². The van der Waals surface area contributed by atoms with E-state index >= 15 is 0 Å². The van der Waals surface area contributed by atoms with Gasteiger partial charge in [-0.25, -0.2) is 0 Å². The Labute approximate surface area is 114 Å². The van der Waals surface area contributed by atoms with E-state index in [9.17, 15) is 4.79 Å². The number of carbonyl (C=O) groups is 1. The molecule has 2 nitrogen and oxygen atoms in total. The number of ketones is 1. The SMILES string of the molecule is C=C(C)CN1C=CCC=C1C(=O)c1ccc(C)cc1. The molecule has 0 aliphatic carbocycles. The number of hydrogen-bond donors (Lipinski definition) is 0. The van der Waals surface area contributed by atoms with Gasteiger partial charge in [0, 0.05) is 18.3 Å². The molecule has 0 fully saturated rings. The minimum Gasteiger partial charge on any atom is -0.341 e. The first-order valence-corrected chi connectivity index (χ1v) is 6.47. The van der Waals surface area contributed by atoms with Crippen LogP contribution < -0.4 is 0 Å². The van der Waals surface area contributed by atoms with Gasteiger partial charge < -0.3 is 4.90 Å². The summed E-state index contributed by atoms with van der Waals surface area (Å²) in [6.07, 6.45) is 6.80. The Bertz CT molecular complexity index is 549. The molecule has 1 aliphatic heterocycles. The molecule has 0 radical (unpaired) electrons. The highest BCUT2D eigenvalue weighted by Gasteiger charge is 2.18. The highest BCUT2D eigenvalue weighted by atomic mass is 16.1. The van der Waals surface area contributed by atoms with E-state index in [2.05, 4.69) is 12.7 Å². The second-order valence-electron chi connectivity index (χ2n) is 4.99. The first-order chi connectivity index (χ1) is 9.08. The van der Waals surface area contributed by atoms with Gasteiger partial charge in [0.2, 0.25) is 5.78 Å². The van der Waals surface area contributed by atoms with Gasteiger partial charge in [0.15, 0.2) is 0 Å². The summed E-state index contributed by atoms with van der Waals surface area (Å²) in [5.41, 5.74) is 3.68. The molecular weight excluding hydrogens is 234 g/mol. The van der Waals surface area contributed by atoms with E-state index in [1.807, 2.05) is 55.3 Å². The molecule has 0 N–H and O–H groups in total. The third-order valence-corrected chi connectivity index (χ3v) is 3.03. The molecule has 0 aromatic heterocycles. The molecule has 0 saturated carbocycles. The first kappa shape index (κ1) is 13.3. The molecule has 1 heterocycles. The van der Waals surface area contributed by atoms with Crippen molar-refractivity contribution < 1.29 is 4.79 Å².